The fourth-order valence-corrected chi connectivity index (χ4v) is 2.87. The predicted octanol–water partition coefficient (Wildman–Crippen LogP) is 4.01. The summed E-state index contributed by atoms with van der Waals surface area (Å²) in [4.78, 5) is 0. The number of hydrogen-bond donors (Lipinski definition) is 1. The number of halogens is 2. The summed E-state index contributed by atoms with van der Waals surface area (Å²) in [6.07, 6.45) is -0.450. The number of alkyl halides is 1. The van der Waals surface area contributed by atoms with Gasteiger partial charge in [-0.1, -0.05) is 59.3 Å². The third kappa shape index (κ3) is 3.59. The van der Waals surface area contributed by atoms with E-state index in [2.05, 4.69) is 35.6 Å². The summed E-state index contributed by atoms with van der Waals surface area (Å²) < 4.78 is 0.158. The summed E-state index contributed by atoms with van der Waals surface area (Å²) in [5, 5.41) is 10.9. The molecule has 0 aliphatic heterocycles. The summed E-state index contributed by atoms with van der Waals surface area (Å²) in [7, 11) is -1.39. The van der Waals surface area contributed by atoms with E-state index in [-0.39, 0.29) is 4.45 Å². The lowest BCUT2D eigenvalue weighted by Gasteiger charge is -2.28. The zero-order valence-electron chi connectivity index (χ0n) is 9.17. The summed E-state index contributed by atoms with van der Waals surface area (Å²) in [5.74, 6) is 0. The lowest BCUT2D eigenvalue weighted by molar-refractivity contribution is 0.193. The second kappa shape index (κ2) is 5.00. The second-order valence-electron chi connectivity index (χ2n) is 4.76. The van der Waals surface area contributed by atoms with Crippen LogP contribution in [0.25, 0.3) is 0 Å². The number of hydrogen-bond acceptors (Lipinski definition) is 1. The number of rotatable bonds is 3. The van der Waals surface area contributed by atoms with Crippen LogP contribution in [0.3, 0.4) is 0 Å². The van der Waals surface area contributed by atoms with Crippen LogP contribution in [-0.2, 0) is 0 Å². The normalized spacial score (nSPS) is 16.1. The standard InChI is InChI=1S/C11H16BrClOSi/c1-15(2,3)11(12)10(14)8-4-6-9(13)7-5-8/h4-7,10-11,14H,1-3H3. The van der Waals surface area contributed by atoms with Gasteiger partial charge in [0.1, 0.15) is 0 Å². The van der Waals surface area contributed by atoms with Crippen molar-refractivity contribution in [2.45, 2.75) is 30.2 Å². The maximum atomic E-state index is 10.2. The fourth-order valence-electron chi connectivity index (χ4n) is 1.30. The lowest BCUT2D eigenvalue weighted by atomic mass is 10.1. The highest BCUT2D eigenvalue weighted by atomic mass is 79.9. The Morgan fingerprint density at radius 2 is 1.67 bits per heavy atom. The highest BCUT2D eigenvalue weighted by Gasteiger charge is 2.31. The molecular weight excluding hydrogens is 292 g/mol. The molecule has 0 amide bonds. The maximum absolute atomic E-state index is 10.2. The average molecular weight is 308 g/mol. The Morgan fingerprint density at radius 3 is 2.07 bits per heavy atom. The third-order valence-electron chi connectivity index (χ3n) is 2.32. The topological polar surface area (TPSA) is 20.2 Å². The largest absolute Gasteiger partial charge is 0.388 e. The van der Waals surface area contributed by atoms with Gasteiger partial charge in [-0.3, -0.25) is 0 Å². The molecule has 0 saturated carbocycles. The molecule has 0 heterocycles. The van der Waals surface area contributed by atoms with E-state index in [1.807, 2.05) is 24.3 Å². The Hall–Kier alpha value is 0.167. The monoisotopic (exact) mass is 306 g/mol. The van der Waals surface area contributed by atoms with Gasteiger partial charge in [-0.25, -0.2) is 0 Å². The van der Waals surface area contributed by atoms with Gasteiger partial charge < -0.3 is 5.11 Å². The van der Waals surface area contributed by atoms with Crippen LogP contribution in [0.1, 0.15) is 11.7 Å². The number of aliphatic hydroxyl groups excluding tert-OH is 1. The van der Waals surface area contributed by atoms with Crippen LogP contribution >= 0.6 is 27.5 Å². The summed E-state index contributed by atoms with van der Waals surface area (Å²) in [6, 6.07) is 7.37. The van der Waals surface area contributed by atoms with Crippen molar-refractivity contribution in [3.63, 3.8) is 0 Å². The Bertz CT molecular complexity index is 320. The third-order valence-corrected chi connectivity index (χ3v) is 9.16. The molecule has 0 bridgehead atoms. The van der Waals surface area contributed by atoms with Crippen molar-refractivity contribution in [3.8, 4) is 0 Å². The van der Waals surface area contributed by atoms with E-state index in [1.54, 1.807) is 0 Å². The Morgan fingerprint density at radius 1 is 1.20 bits per heavy atom. The first-order valence-electron chi connectivity index (χ1n) is 4.90. The van der Waals surface area contributed by atoms with Gasteiger partial charge in [-0.15, -0.1) is 0 Å². The first kappa shape index (κ1) is 13.2. The Balaban J connectivity index is 2.85. The second-order valence-corrected chi connectivity index (χ2v) is 12.4. The fraction of sp³-hybridized carbons (Fsp3) is 0.455. The molecule has 0 radical (unpaired) electrons. The minimum absolute atomic E-state index is 0.158. The summed E-state index contributed by atoms with van der Waals surface area (Å²) in [6.45, 7) is 6.68. The number of benzene rings is 1. The molecule has 4 heteroatoms. The molecule has 1 aromatic carbocycles. The minimum Gasteiger partial charge on any atom is -0.388 e. The van der Waals surface area contributed by atoms with E-state index in [9.17, 15) is 5.11 Å². The van der Waals surface area contributed by atoms with E-state index in [0.717, 1.165) is 5.56 Å². The first-order valence-corrected chi connectivity index (χ1v) is 9.77. The molecule has 1 nitrogen and oxygen atoms in total. The molecule has 0 spiro atoms. The smallest absolute Gasteiger partial charge is 0.0889 e. The van der Waals surface area contributed by atoms with E-state index in [4.69, 9.17) is 11.6 Å². The minimum atomic E-state index is -1.39. The molecule has 1 N–H and O–H groups in total. The van der Waals surface area contributed by atoms with E-state index in [1.165, 1.54) is 0 Å². The Kier molecular flexibility index (Phi) is 4.41. The zero-order chi connectivity index (χ0) is 11.6. The van der Waals surface area contributed by atoms with Crippen molar-refractivity contribution in [1.29, 1.82) is 0 Å². The predicted molar refractivity (Wildman–Crippen MR) is 72.5 cm³/mol. The van der Waals surface area contributed by atoms with Gasteiger partial charge in [0, 0.05) is 9.47 Å². The van der Waals surface area contributed by atoms with E-state index < -0.39 is 14.2 Å². The van der Waals surface area contributed by atoms with Crippen LogP contribution in [0.2, 0.25) is 24.7 Å². The van der Waals surface area contributed by atoms with Crippen LogP contribution in [0, 0.1) is 0 Å². The first-order chi connectivity index (χ1) is 6.82. The van der Waals surface area contributed by atoms with Gasteiger partial charge in [-0.2, -0.15) is 0 Å². The van der Waals surface area contributed by atoms with Crippen LogP contribution < -0.4 is 0 Å². The molecule has 1 aromatic rings. The molecule has 2 unspecified atom stereocenters. The van der Waals surface area contributed by atoms with Crippen molar-refractivity contribution in [1.82, 2.24) is 0 Å². The molecule has 0 aliphatic rings. The van der Waals surface area contributed by atoms with Crippen molar-refractivity contribution < 1.29 is 5.11 Å². The number of aliphatic hydroxyl groups is 1. The molecule has 2 atom stereocenters. The van der Waals surface area contributed by atoms with Crippen molar-refractivity contribution in [3.05, 3.63) is 34.9 Å². The molecule has 84 valence electrons. The highest BCUT2D eigenvalue weighted by molar-refractivity contribution is 9.10. The summed E-state index contributed by atoms with van der Waals surface area (Å²) >= 11 is 9.40. The van der Waals surface area contributed by atoms with Crippen LogP contribution in [-0.4, -0.2) is 17.6 Å². The summed E-state index contributed by atoms with van der Waals surface area (Å²) in [5.41, 5.74) is 0.920. The molecule has 1 rings (SSSR count). The van der Waals surface area contributed by atoms with Crippen LogP contribution in [0.4, 0.5) is 0 Å². The van der Waals surface area contributed by atoms with E-state index in [0.29, 0.717) is 5.02 Å². The van der Waals surface area contributed by atoms with Gasteiger partial charge in [0.15, 0.2) is 0 Å². The molecule has 15 heavy (non-hydrogen) atoms. The van der Waals surface area contributed by atoms with Crippen LogP contribution in [0.15, 0.2) is 24.3 Å². The van der Waals surface area contributed by atoms with Crippen LogP contribution in [0.5, 0.6) is 0 Å². The molecular formula is C11H16BrClOSi. The quantitative estimate of drug-likeness (QED) is 0.661. The molecule has 0 aliphatic carbocycles. The average Bonchev–Trinajstić information content (AvgIpc) is 2.15. The van der Waals surface area contributed by atoms with Gasteiger partial charge in [0.25, 0.3) is 0 Å². The lowest BCUT2D eigenvalue weighted by Crippen LogP contribution is -2.38. The van der Waals surface area contributed by atoms with Crippen molar-refractivity contribution in [2.24, 2.45) is 0 Å². The maximum Gasteiger partial charge on any atom is 0.0889 e. The van der Waals surface area contributed by atoms with Gasteiger partial charge in [0.2, 0.25) is 0 Å². The molecule has 0 aromatic heterocycles. The van der Waals surface area contributed by atoms with Gasteiger partial charge in [0.05, 0.1) is 14.2 Å². The molecule has 0 fully saturated rings. The SMILES string of the molecule is C[Si](C)(C)C(Br)C(O)c1ccc(Cl)cc1. The molecule has 0 saturated heterocycles. The van der Waals surface area contributed by atoms with Gasteiger partial charge in [-0.05, 0) is 17.7 Å². The van der Waals surface area contributed by atoms with Crippen molar-refractivity contribution >= 4 is 35.6 Å². The Labute approximate surface area is 106 Å². The zero-order valence-corrected chi connectivity index (χ0v) is 12.5. The van der Waals surface area contributed by atoms with Gasteiger partial charge >= 0.3 is 0 Å². The van der Waals surface area contributed by atoms with E-state index >= 15 is 0 Å². The highest BCUT2D eigenvalue weighted by Crippen LogP contribution is 2.30. The van der Waals surface area contributed by atoms with Crippen molar-refractivity contribution in [2.75, 3.05) is 0 Å².